The van der Waals surface area contributed by atoms with Crippen LogP contribution in [-0.2, 0) is 0 Å². The van der Waals surface area contributed by atoms with E-state index in [2.05, 4.69) is 13.8 Å². The summed E-state index contributed by atoms with van der Waals surface area (Å²) in [6, 6.07) is 3.37. The number of thiophene rings is 1. The van der Waals surface area contributed by atoms with Crippen molar-refractivity contribution in [1.82, 2.24) is 0 Å². The molecule has 0 aliphatic heterocycles. The third kappa shape index (κ3) is 2.94. The van der Waals surface area contributed by atoms with Crippen molar-refractivity contribution in [3.63, 3.8) is 0 Å². The number of hydrogen-bond donors (Lipinski definition) is 1. The number of rotatable bonds is 4. The molecule has 0 spiro atoms. The second-order valence-corrected chi connectivity index (χ2v) is 4.53. The van der Waals surface area contributed by atoms with Crippen molar-refractivity contribution in [2.24, 2.45) is 11.7 Å². The summed E-state index contributed by atoms with van der Waals surface area (Å²) in [5.41, 5.74) is 5.77. The van der Waals surface area contributed by atoms with Crippen molar-refractivity contribution >= 4 is 17.1 Å². The standard InChI is InChI=1S/C10H15NOS/c1-7(2)6-8(11)10(12)9-4-3-5-13-9/h3-5,7-8H,6,11H2,1-2H3. The van der Waals surface area contributed by atoms with E-state index in [1.54, 1.807) is 0 Å². The number of nitrogens with two attached hydrogens (primary N) is 1. The molecule has 0 amide bonds. The molecule has 1 aromatic rings. The smallest absolute Gasteiger partial charge is 0.189 e. The zero-order chi connectivity index (χ0) is 9.84. The average molecular weight is 197 g/mol. The molecule has 1 heterocycles. The zero-order valence-electron chi connectivity index (χ0n) is 7.99. The van der Waals surface area contributed by atoms with Gasteiger partial charge in [-0.3, -0.25) is 4.79 Å². The van der Waals surface area contributed by atoms with Crippen LogP contribution in [0.1, 0.15) is 29.9 Å². The monoisotopic (exact) mass is 197 g/mol. The van der Waals surface area contributed by atoms with Crippen LogP contribution in [0.25, 0.3) is 0 Å². The number of carbonyl (C=O) groups is 1. The van der Waals surface area contributed by atoms with E-state index in [1.165, 1.54) is 11.3 Å². The fourth-order valence-electron chi connectivity index (χ4n) is 1.22. The van der Waals surface area contributed by atoms with Crippen LogP contribution in [0.5, 0.6) is 0 Å². The van der Waals surface area contributed by atoms with Crippen LogP contribution >= 0.6 is 11.3 Å². The molecule has 2 nitrogen and oxygen atoms in total. The van der Waals surface area contributed by atoms with Crippen LogP contribution in [-0.4, -0.2) is 11.8 Å². The molecule has 0 aliphatic rings. The largest absolute Gasteiger partial charge is 0.321 e. The predicted molar refractivity (Wildman–Crippen MR) is 56.1 cm³/mol. The van der Waals surface area contributed by atoms with E-state index < -0.39 is 0 Å². The van der Waals surface area contributed by atoms with Crippen LogP contribution in [0.2, 0.25) is 0 Å². The molecule has 3 heteroatoms. The molecule has 0 aromatic carbocycles. The lowest BCUT2D eigenvalue weighted by molar-refractivity contribution is 0.0955. The summed E-state index contributed by atoms with van der Waals surface area (Å²) < 4.78 is 0. The summed E-state index contributed by atoms with van der Waals surface area (Å²) in [5, 5.41) is 1.90. The van der Waals surface area contributed by atoms with E-state index in [9.17, 15) is 4.79 Å². The van der Waals surface area contributed by atoms with Gasteiger partial charge in [-0.2, -0.15) is 0 Å². The van der Waals surface area contributed by atoms with Crippen LogP contribution in [0.3, 0.4) is 0 Å². The average Bonchev–Trinajstić information content (AvgIpc) is 2.53. The highest BCUT2D eigenvalue weighted by Gasteiger charge is 2.17. The SMILES string of the molecule is CC(C)CC(N)C(=O)c1cccs1. The lowest BCUT2D eigenvalue weighted by Gasteiger charge is -2.11. The van der Waals surface area contributed by atoms with Gasteiger partial charge in [-0.05, 0) is 23.8 Å². The molecule has 0 fully saturated rings. The van der Waals surface area contributed by atoms with Gasteiger partial charge < -0.3 is 5.73 Å². The summed E-state index contributed by atoms with van der Waals surface area (Å²) in [5.74, 6) is 0.544. The molecule has 13 heavy (non-hydrogen) atoms. The van der Waals surface area contributed by atoms with Crippen molar-refractivity contribution < 1.29 is 4.79 Å². The third-order valence-electron chi connectivity index (χ3n) is 1.83. The summed E-state index contributed by atoms with van der Waals surface area (Å²) in [7, 11) is 0. The molecule has 0 saturated carbocycles. The van der Waals surface area contributed by atoms with Gasteiger partial charge in [0.15, 0.2) is 5.78 Å². The summed E-state index contributed by atoms with van der Waals surface area (Å²) >= 11 is 1.46. The van der Waals surface area contributed by atoms with Crippen molar-refractivity contribution in [3.8, 4) is 0 Å². The second kappa shape index (κ2) is 4.53. The highest BCUT2D eigenvalue weighted by molar-refractivity contribution is 7.12. The van der Waals surface area contributed by atoms with Gasteiger partial charge in [-0.25, -0.2) is 0 Å². The Morgan fingerprint density at radius 1 is 1.62 bits per heavy atom. The fourth-order valence-corrected chi connectivity index (χ4v) is 1.94. The van der Waals surface area contributed by atoms with Crippen molar-refractivity contribution in [2.75, 3.05) is 0 Å². The van der Waals surface area contributed by atoms with Crippen molar-refractivity contribution in [3.05, 3.63) is 22.4 Å². The highest BCUT2D eigenvalue weighted by Crippen LogP contribution is 2.14. The van der Waals surface area contributed by atoms with Gasteiger partial charge in [0.05, 0.1) is 10.9 Å². The summed E-state index contributed by atoms with van der Waals surface area (Å²) in [4.78, 5) is 12.4. The van der Waals surface area contributed by atoms with Gasteiger partial charge in [0, 0.05) is 0 Å². The molecule has 0 radical (unpaired) electrons. The summed E-state index contributed by atoms with van der Waals surface area (Å²) in [6.07, 6.45) is 0.761. The molecule has 72 valence electrons. The lowest BCUT2D eigenvalue weighted by atomic mass is 10.0. The van der Waals surface area contributed by atoms with Crippen LogP contribution in [0.15, 0.2) is 17.5 Å². The zero-order valence-corrected chi connectivity index (χ0v) is 8.80. The normalized spacial score (nSPS) is 13.2. The molecule has 2 N–H and O–H groups in total. The van der Waals surface area contributed by atoms with Crippen molar-refractivity contribution in [1.29, 1.82) is 0 Å². The molecular weight excluding hydrogens is 182 g/mol. The Kier molecular flexibility index (Phi) is 3.63. The van der Waals surface area contributed by atoms with Gasteiger partial charge in [-0.15, -0.1) is 11.3 Å². The van der Waals surface area contributed by atoms with Gasteiger partial charge in [-0.1, -0.05) is 19.9 Å². The first kappa shape index (κ1) is 10.4. The number of Topliss-reactive ketones (excluding diaryl/α,β-unsaturated/α-hetero) is 1. The Hall–Kier alpha value is -0.670. The van der Waals surface area contributed by atoms with Gasteiger partial charge in [0.2, 0.25) is 0 Å². The number of carbonyl (C=O) groups excluding carboxylic acids is 1. The Balaban J connectivity index is 2.58. The van der Waals surface area contributed by atoms with E-state index in [0.717, 1.165) is 11.3 Å². The van der Waals surface area contributed by atoms with Gasteiger partial charge >= 0.3 is 0 Å². The molecule has 0 saturated heterocycles. The van der Waals surface area contributed by atoms with E-state index in [1.807, 2.05) is 17.5 Å². The molecule has 1 rings (SSSR count). The van der Waals surface area contributed by atoms with Crippen LogP contribution in [0.4, 0.5) is 0 Å². The quantitative estimate of drug-likeness (QED) is 0.753. The lowest BCUT2D eigenvalue weighted by Crippen LogP contribution is -2.31. The maximum Gasteiger partial charge on any atom is 0.189 e. The first-order valence-electron chi connectivity index (χ1n) is 4.44. The Morgan fingerprint density at radius 3 is 2.77 bits per heavy atom. The van der Waals surface area contributed by atoms with E-state index >= 15 is 0 Å². The highest BCUT2D eigenvalue weighted by atomic mass is 32.1. The van der Waals surface area contributed by atoms with E-state index in [0.29, 0.717) is 5.92 Å². The third-order valence-corrected chi connectivity index (χ3v) is 2.71. The number of hydrogen-bond acceptors (Lipinski definition) is 3. The minimum absolute atomic E-state index is 0.0729. The maximum atomic E-state index is 11.6. The molecule has 1 unspecified atom stereocenters. The topological polar surface area (TPSA) is 43.1 Å². The fraction of sp³-hybridized carbons (Fsp3) is 0.500. The molecule has 1 atom stereocenters. The second-order valence-electron chi connectivity index (χ2n) is 3.58. The molecule has 0 bridgehead atoms. The van der Waals surface area contributed by atoms with Gasteiger partial charge in [0.1, 0.15) is 0 Å². The summed E-state index contributed by atoms with van der Waals surface area (Å²) in [6.45, 7) is 4.14. The van der Waals surface area contributed by atoms with Crippen LogP contribution in [0, 0.1) is 5.92 Å². The Morgan fingerprint density at radius 2 is 2.31 bits per heavy atom. The van der Waals surface area contributed by atoms with Crippen molar-refractivity contribution in [2.45, 2.75) is 26.3 Å². The van der Waals surface area contributed by atoms with Gasteiger partial charge in [0.25, 0.3) is 0 Å². The number of ketones is 1. The Labute approximate surface area is 82.8 Å². The predicted octanol–water partition coefficient (Wildman–Crippen LogP) is 2.30. The minimum atomic E-state index is -0.335. The minimum Gasteiger partial charge on any atom is -0.321 e. The first-order chi connectivity index (χ1) is 6.11. The molecule has 0 aliphatic carbocycles. The van der Waals surface area contributed by atoms with E-state index in [-0.39, 0.29) is 11.8 Å². The molecule has 1 aromatic heterocycles. The maximum absolute atomic E-state index is 11.6. The molecular formula is C10H15NOS. The first-order valence-corrected chi connectivity index (χ1v) is 5.32. The van der Waals surface area contributed by atoms with E-state index in [4.69, 9.17) is 5.73 Å². The Bertz CT molecular complexity index is 266. The van der Waals surface area contributed by atoms with Crippen LogP contribution < -0.4 is 5.73 Å².